The number of benzene rings is 2. The van der Waals surface area contributed by atoms with E-state index in [1.807, 2.05) is 36.4 Å². The smallest absolute Gasteiger partial charge is 0.203 e. The molecule has 158 valence electrons. The third-order valence-corrected chi connectivity index (χ3v) is 4.83. The van der Waals surface area contributed by atoms with Gasteiger partial charge in [0, 0.05) is 37.5 Å². The summed E-state index contributed by atoms with van der Waals surface area (Å²) in [4.78, 5) is 2.07. The summed E-state index contributed by atoms with van der Waals surface area (Å²) in [5.41, 5.74) is 1.82. The Labute approximate surface area is 182 Å². The van der Waals surface area contributed by atoms with Crippen LogP contribution >= 0.6 is 23.8 Å². The molecule has 2 rings (SSSR count). The zero-order valence-corrected chi connectivity index (χ0v) is 18.7. The molecule has 29 heavy (non-hydrogen) atoms. The van der Waals surface area contributed by atoms with Crippen LogP contribution in [0.15, 0.2) is 36.4 Å². The first-order chi connectivity index (χ1) is 14.0. The maximum atomic E-state index is 6.08. The topological polar surface area (TPSA) is 52.2 Å². The Balaban J connectivity index is 2.24. The third kappa shape index (κ3) is 6.66. The van der Waals surface area contributed by atoms with Crippen LogP contribution in [0.25, 0.3) is 0 Å². The van der Waals surface area contributed by atoms with Crippen LogP contribution in [0.3, 0.4) is 0 Å². The number of halogens is 1. The van der Waals surface area contributed by atoms with Gasteiger partial charge in [0.15, 0.2) is 16.6 Å². The van der Waals surface area contributed by atoms with Crippen molar-refractivity contribution in [3.8, 4) is 17.2 Å². The van der Waals surface area contributed by atoms with Crippen LogP contribution < -0.4 is 19.5 Å². The van der Waals surface area contributed by atoms with Crippen molar-refractivity contribution in [2.75, 3.05) is 46.9 Å². The lowest BCUT2D eigenvalue weighted by atomic mass is 10.1. The van der Waals surface area contributed by atoms with Crippen LogP contribution in [-0.2, 0) is 11.3 Å². The van der Waals surface area contributed by atoms with Crippen molar-refractivity contribution in [2.45, 2.75) is 13.0 Å². The lowest BCUT2D eigenvalue weighted by molar-refractivity contribution is 0.185. The molecule has 0 fully saturated rings. The van der Waals surface area contributed by atoms with E-state index in [0.717, 1.165) is 24.2 Å². The average molecular weight is 439 g/mol. The van der Waals surface area contributed by atoms with Gasteiger partial charge in [-0.3, -0.25) is 0 Å². The van der Waals surface area contributed by atoms with Gasteiger partial charge in [0.25, 0.3) is 0 Å². The van der Waals surface area contributed by atoms with Crippen molar-refractivity contribution in [1.82, 2.24) is 4.90 Å². The zero-order valence-electron chi connectivity index (χ0n) is 17.2. The Morgan fingerprint density at radius 2 is 1.72 bits per heavy atom. The molecule has 2 aromatic carbocycles. The summed E-state index contributed by atoms with van der Waals surface area (Å²) in [6.07, 6.45) is 0.832. The van der Waals surface area contributed by atoms with Crippen molar-refractivity contribution in [2.24, 2.45) is 0 Å². The van der Waals surface area contributed by atoms with Crippen molar-refractivity contribution in [1.29, 1.82) is 0 Å². The molecule has 8 heteroatoms. The summed E-state index contributed by atoms with van der Waals surface area (Å²) in [7, 11) is 6.47. The largest absolute Gasteiger partial charge is 0.493 e. The van der Waals surface area contributed by atoms with E-state index < -0.39 is 0 Å². The highest BCUT2D eigenvalue weighted by Crippen LogP contribution is 2.38. The molecule has 0 saturated carbocycles. The normalized spacial score (nSPS) is 10.4. The molecule has 0 aliphatic heterocycles. The lowest BCUT2D eigenvalue weighted by Gasteiger charge is -2.27. The molecule has 0 aromatic heterocycles. The highest BCUT2D eigenvalue weighted by molar-refractivity contribution is 7.80. The number of thiocarbonyl (C=S) groups is 1. The summed E-state index contributed by atoms with van der Waals surface area (Å²) in [6, 6.07) is 11.3. The van der Waals surface area contributed by atoms with E-state index in [9.17, 15) is 0 Å². The van der Waals surface area contributed by atoms with Gasteiger partial charge in [-0.25, -0.2) is 0 Å². The molecule has 0 aliphatic carbocycles. The fraction of sp³-hybridized carbons (Fsp3) is 0.381. The van der Waals surface area contributed by atoms with Crippen LogP contribution in [0.2, 0.25) is 5.02 Å². The Morgan fingerprint density at radius 3 is 2.28 bits per heavy atom. The van der Waals surface area contributed by atoms with Crippen molar-refractivity contribution < 1.29 is 18.9 Å². The van der Waals surface area contributed by atoms with Crippen LogP contribution in [0, 0.1) is 0 Å². The Hall–Kier alpha value is -2.22. The molecular weight excluding hydrogens is 412 g/mol. The van der Waals surface area contributed by atoms with Crippen LogP contribution in [0.5, 0.6) is 17.2 Å². The molecule has 6 nitrogen and oxygen atoms in total. The predicted molar refractivity (Wildman–Crippen MR) is 121 cm³/mol. The van der Waals surface area contributed by atoms with Gasteiger partial charge in [-0.2, -0.15) is 0 Å². The average Bonchev–Trinajstić information content (AvgIpc) is 2.72. The fourth-order valence-electron chi connectivity index (χ4n) is 2.87. The van der Waals surface area contributed by atoms with Crippen LogP contribution in [0.4, 0.5) is 5.69 Å². The molecule has 0 amide bonds. The van der Waals surface area contributed by atoms with Crippen molar-refractivity contribution in [3.05, 3.63) is 47.0 Å². The Kier molecular flexibility index (Phi) is 9.31. The van der Waals surface area contributed by atoms with E-state index in [-0.39, 0.29) is 0 Å². The van der Waals surface area contributed by atoms with Crippen LogP contribution in [0.1, 0.15) is 12.0 Å². The lowest BCUT2D eigenvalue weighted by Crippen LogP contribution is -2.35. The first-order valence-corrected chi connectivity index (χ1v) is 9.90. The van der Waals surface area contributed by atoms with Gasteiger partial charge in [-0.1, -0.05) is 17.7 Å². The second-order valence-electron chi connectivity index (χ2n) is 6.24. The first-order valence-electron chi connectivity index (χ1n) is 9.11. The standard InChI is InChI=1S/C21H27ClN2O4S/c1-25-10-6-9-24(21(29)23-17-8-5-7-16(22)13-17)14-15-11-18(26-2)20(28-4)19(12-15)27-3/h5,7-8,11-13H,6,9-10,14H2,1-4H3,(H,23,29). The second kappa shape index (κ2) is 11.7. The van der Waals surface area contributed by atoms with E-state index in [0.29, 0.717) is 40.5 Å². The van der Waals surface area contributed by atoms with E-state index in [4.69, 9.17) is 42.8 Å². The van der Waals surface area contributed by atoms with Gasteiger partial charge < -0.3 is 29.2 Å². The summed E-state index contributed by atoms with van der Waals surface area (Å²) < 4.78 is 21.5. The maximum Gasteiger partial charge on any atom is 0.203 e. The second-order valence-corrected chi connectivity index (χ2v) is 7.07. The molecular formula is C21H27ClN2O4S. The van der Waals surface area contributed by atoms with Gasteiger partial charge in [0.2, 0.25) is 5.75 Å². The highest BCUT2D eigenvalue weighted by atomic mass is 35.5. The number of nitrogens with zero attached hydrogens (tertiary/aromatic N) is 1. The SMILES string of the molecule is COCCCN(Cc1cc(OC)c(OC)c(OC)c1)C(=S)Nc1cccc(Cl)c1. The molecule has 0 radical (unpaired) electrons. The number of methoxy groups -OCH3 is 4. The quantitative estimate of drug-likeness (QED) is 0.429. The summed E-state index contributed by atoms with van der Waals surface area (Å²) in [5.74, 6) is 1.77. The fourth-order valence-corrected chi connectivity index (χ4v) is 3.33. The molecule has 0 saturated heterocycles. The van der Waals surface area contributed by atoms with E-state index in [1.165, 1.54) is 0 Å². The maximum absolute atomic E-state index is 6.08. The number of ether oxygens (including phenoxy) is 4. The summed E-state index contributed by atoms with van der Waals surface area (Å²) in [6.45, 7) is 1.93. The Bertz CT molecular complexity index is 794. The van der Waals surface area contributed by atoms with E-state index >= 15 is 0 Å². The zero-order chi connectivity index (χ0) is 21.2. The Morgan fingerprint density at radius 1 is 1.03 bits per heavy atom. The highest BCUT2D eigenvalue weighted by Gasteiger charge is 2.17. The summed E-state index contributed by atoms with van der Waals surface area (Å²) in [5, 5.41) is 4.50. The number of hydrogen-bond acceptors (Lipinski definition) is 5. The van der Waals surface area contributed by atoms with E-state index in [2.05, 4.69) is 10.2 Å². The molecule has 0 bridgehead atoms. The molecule has 2 aromatic rings. The minimum absolute atomic E-state index is 0.560. The number of rotatable bonds is 10. The summed E-state index contributed by atoms with van der Waals surface area (Å²) >= 11 is 11.7. The van der Waals surface area contributed by atoms with Crippen LogP contribution in [-0.4, -0.2) is 51.6 Å². The molecule has 0 heterocycles. The van der Waals surface area contributed by atoms with Gasteiger partial charge in [-0.15, -0.1) is 0 Å². The number of nitrogens with one attached hydrogen (secondary N) is 1. The van der Waals surface area contributed by atoms with Gasteiger partial charge in [0.05, 0.1) is 21.3 Å². The first kappa shape index (κ1) is 23.1. The number of anilines is 1. The monoisotopic (exact) mass is 438 g/mol. The molecule has 0 spiro atoms. The van der Waals surface area contributed by atoms with Crippen molar-refractivity contribution in [3.63, 3.8) is 0 Å². The molecule has 0 atom stereocenters. The molecule has 1 N–H and O–H groups in total. The van der Waals surface area contributed by atoms with E-state index in [1.54, 1.807) is 28.4 Å². The third-order valence-electron chi connectivity index (χ3n) is 4.24. The predicted octanol–water partition coefficient (Wildman–Crippen LogP) is 4.60. The van der Waals surface area contributed by atoms with Gasteiger partial charge >= 0.3 is 0 Å². The molecule has 0 aliphatic rings. The number of hydrogen-bond donors (Lipinski definition) is 1. The van der Waals surface area contributed by atoms with Gasteiger partial charge in [0.1, 0.15) is 0 Å². The molecule has 0 unspecified atom stereocenters. The minimum Gasteiger partial charge on any atom is -0.493 e. The minimum atomic E-state index is 0.560. The van der Waals surface area contributed by atoms with Gasteiger partial charge in [-0.05, 0) is 54.5 Å². The van der Waals surface area contributed by atoms with Crippen molar-refractivity contribution >= 4 is 34.6 Å².